The first-order chi connectivity index (χ1) is 8.68. The van der Waals surface area contributed by atoms with Crippen LogP contribution in [-0.2, 0) is 12.0 Å². The monoisotopic (exact) mass is 247 g/mol. The molecule has 0 radical (unpaired) electrons. The van der Waals surface area contributed by atoms with E-state index in [2.05, 4.69) is 43.4 Å². The molecule has 2 nitrogen and oxygen atoms in total. The lowest BCUT2D eigenvalue weighted by atomic mass is 9.77. The van der Waals surface area contributed by atoms with Crippen molar-refractivity contribution in [3.8, 4) is 0 Å². The molecule has 0 bridgehead atoms. The summed E-state index contributed by atoms with van der Waals surface area (Å²) in [6.45, 7) is 5.32. The first kappa shape index (κ1) is 13.6. The minimum atomic E-state index is -0.600. The standard InChI is InChI=1S/C16H25NO/c1-3-13-6-5-7-14(12-13)16(18)10-8-15(9-11-16)17-4-2/h5-7,12,15,17-18H,3-4,8-11H2,1-2H3. The van der Waals surface area contributed by atoms with Gasteiger partial charge in [0.2, 0.25) is 0 Å². The van der Waals surface area contributed by atoms with Crippen molar-refractivity contribution in [2.24, 2.45) is 0 Å². The first-order valence-corrected chi connectivity index (χ1v) is 7.23. The molecule has 18 heavy (non-hydrogen) atoms. The van der Waals surface area contributed by atoms with E-state index in [9.17, 15) is 5.11 Å². The Morgan fingerprint density at radius 3 is 2.61 bits per heavy atom. The molecule has 1 aromatic carbocycles. The molecule has 2 N–H and O–H groups in total. The van der Waals surface area contributed by atoms with Crippen LogP contribution in [-0.4, -0.2) is 17.7 Å². The normalized spacial score (nSPS) is 28.3. The second-order valence-corrected chi connectivity index (χ2v) is 5.42. The van der Waals surface area contributed by atoms with Crippen molar-refractivity contribution in [2.75, 3.05) is 6.54 Å². The lowest BCUT2D eigenvalue weighted by Crippen LogP contribution is -2.39. The van der Waals surface area contributed by atoms with E-state index < -0.39 is 5.60 Å². The maximum Gasteiger partial charge on any atom is 0.0897 e. The van der Waals surface area contributed by atoms with Gasteiger partial charge >= 0.3 is 0 Å². The molecule has 0 amide bonds. The summed E-state index contributed by atoms with van der Waals surface area (Å²) >= 11 is 0. The predicted octanol–water partition coefficient (Wildman–Crippen LogP) is 2.99. The zero-order valence-electron chi connectivity index (χ0n) is 11.6. The first-order valence-electron chi connectivity index (χ1n) is 7.23. The van der Waals surface area contributed by atoms with E-state index in [4.69, 9.17) is 0 Å². The highest BCUT2D eigenvalue weighted by Gasteiger charge is 2.34. The predicted molar refractivity (Wildman–Crippen MR) is 75.6 cm³/mol. The van der Waals surface area contributed by atoms with Crippen molar-refractivity contribution in [3.63, 3.8) is 0 Å². The van der Waals surface area contributed by atoms with Gasteiger partial charge in [-0.25, -0.2) is 0 Å². The second-order valence-electron chi connectivity index (χ2n) is 5.42. The molecule has 0 saturated heterocycles. The fraction of sp³-hybridized carbons (Fsp3) is 0.625. The van der Waals surface area contributed by atoms with Crippen LogP contribution in [0.4, 0.5) is 0 Å². The van der Waals surface area contributed by atoms with Crippen LogP contribution < -0.4 is 5.32 Å². The van der Waals surface area contributed by atoms with E-state index in [0.717, 1.165) is 44.2 Å². The van der Waals surface area contributed by atoms with E-state index in [0.29, 0.717) is 6.04 Å². The zero-order valence-corrected chi connectivity index (χ0v) is 11.6. The Morgan fingerprint density at radius 2 is 2.00 bits per heavy atom. The molecule has 0 spiro atoms. The van der Waals surface area contributed by atoms with Gasteiger partial charge in [0, 0.05) is 6.04 Å². The van der Waals surface area contributed by atoms with E-state index in [1.54, 1.807) is 0 Å². The van der Waals surface area contributed by atoms with Crippen molar-refractivity contribution < 1.29 is 5.11 Å². The van der Waals surface area contributed by atoms with Gasteiger partial charge in [0.15, 0.2) is 0 Å². The smallest absolute Gasteiger partial charge is 0.0897 e. The number of hydrogen-bond donors (Lipinski definition) is 2. The molecular formula is C16H25NO. The molecule has 0 aromatic heterocycles. The lowest BCUT2D eigenvalue weighted by Gasteiger charge is -2.37. The van der Waals surface area contributed by atoms with Crippen molar-refractivity contribution in [3.05, 3.63) is 35.4 Å². The SMILES string of the molecule is CCNC1CCC(O)(c2cccc(CC)c2)CC1. The van der Waals surface area contributed by atoms with Crippen molar-refractivity contribution in [1.82, 2.24) is 5.32 Å². The van der Waals surface area contributed by atoms with Crippen molar-refractivity contribution in [1.29, 1.82) is 0 Å². The molecule has 100 valence electrons. The van der Waals surface area contributed by atoms with E-state index in [-0.39, 0.29) is 0 Å². The Hall–Kier alpha value is -0.860. The fourth-order valence-corrected chi connectivity index (χ4v) is 2.96. The molecule has 1 fully saturated rings. The van der Waals surface area contributed by atoms with Gasteiger partial charge in [-0.1, -0.05) is 38.1 Å². The minimum absolute atomic E-state index is 0.588. The van der Waals surface area contributed by atoms with Gasteiger partial charge in [-0.2, -0.15) is 0 Å². The zero-order chi connectivity index (χ0) is 13.0. The molecule has 1 aromatic rings. The van der Waals surface area contributed by atoms with Gasteiger partial charge in [-0.05, 0) is 49.8 Å². The Bertz CT molecular complexity index is 380. The summed E-state index contributed by atoms with van der Waals surface area (Å²) in [6.07, 6.45) is 4.92. The Balaban J connectivity index is 2.08. The third-order valence-corrected chi connectivity index (χ3v) is 4.18. The summed E-state index contributed by atoms with van der Waals surface area (Å²) in [5.74, 6) is 0. The maximum atomic E-state index is 10.8. The van der Waals surface area contributed by atoms with Crippen LogP contribution >= 0.6 is 0 Å². The van der Waals surface area contributed by atoms with Crippen molar-refractivity contribution >= 4 is 0 Å². The van der Waals surface area contributed by atoms with Gasteiger partial charge in [-0.3, -0.25) is 0 Å². The molecule has 2 heteroatoms. The van der Waals surface area contributed by atoms with Gasteiger partial charge in [-0.15, -0.1) is 0 Å². The summed E-state index contributed by atoms with van der Waals surface area (Å²) in [5.41, 5.74) is 1.82. The van der Waals surface area contributed by atoms with Crippen LogP contribution in [0.3, 0.4) is 0 Å². The Labute approximate surface area is 110 Å². The van der Waals surface area contributed by atoms with Crippen LogP contribution in [0, 0.1) is 0 Å². The molecule has 1 aliphatic carbocycles. The van der Waals surface area contributed by atoms with Gasteiger partial charge in [0.1, 0.15) is 0 Å². The topological polar surface area (TPSA) is 32.3 Å². The number of aryl methyl sites for hydroxylation is 1. The number of hydrogen-bond acceptors (Lipinski definition) is 2. The minimum Gasteiger partial charge on any atom is -0.385 e. The van der Waals surface area contributed by atoms with Crippen LogP contribution in [0.25, 0.3) is 0 Å². The van der Waals surface area contributed by atoms with E-state index in [1.807, 2.05) is 0 Å². The molecule has 1 aliphatic rings. The second kappa shape index (κ2) is 5.85. The van der Waals surface area contributed by atoms with Gasteiger partial charge in [0.05, 0.1) is 5.60 Å². The highest BCUT2D eigenvalue weighted by Crippen LogP contribution is 2.37. The van der Waals surface area contributed by atoms with Crippen LogP contribution in [0.5, 0.6) is 0 Å². The third-order valence-electron chi connectivity index (χ3n) is 4.18. The molecule has 0 atom stereocenters. The third kappa shape index (κ3) is 2.93. The average molecular weight is 247 g/mol. The quantitative estimate of drug-likeness (QED) is 0.857. The molecule has 0 aliphatic heterocycles. The Morgan fingerprint density at radius 1 is 1.28 bits per heavy atom. The average Bonchev–Trinajstić information content (AvgIpc) is 2.42. The lowest BCUT2D eigenvalue weighted by molar-refractivity contribution is -0.00820. The van der Waals surface area contributed by atoms with Crippen LogP contribution in [0.1, 0.15) is 50.7 Å². The molecule has 1 saturated carbocycles. The fourth-order valence-electron chi connectivity index (χ4n) is 2.96. The highest BCUT2D eigenvalue weighted by molar-refractivity contribution is 5.28. The van der Waals surface area contributed by atoms with Crippen LogP contribution in [0.2, 0.25) is 0 Å². The largest absolute Gasteiger partial charge is 0.385 e. The van der Waals surface area contributed by atoms with E-state index in [1.165, 1.54) is 5.56 Å². The van der Waals surface area contributed by atoms with Crippen molar-refractivity contribution in [2.45, 2.75) is 57.6 Å². The maximum absolute atomic E-state index is 10.8. The van der Waals surface area contributed by atoms with Crippen LogP contribution in [0.15, 0.2) is 24.3 Å². The van der Waals surface area contributed by atoms with E-state index >= 15 is 0 Å². The summed E-state index contributed by atoms with van der Waals surface area (Å²) < 4.78 is 0. The number of nitrogens with one attached hydrogen (secondary N) is 1. The molecule has 2 rings (SSSR count). The summed E-state index contributed by atoms with van der Waals surface area (Å²) in [7, 11) is 0. The summed E-state index contributed by atoms with van der Waals surface area (Å²) in [6, 6.07) is 9.05. The molecule has 0 heterocycles. The number of benzene rings is 1. The number of rotatable bonds is 4. The molecule has 0 unspecified atom stereocenters. The Kier molecular flexibility index (Phi) is 4.41. The van der Waals surface area contributed by atoms with Gasteiger partial charge in [0.25, 0.3) is 0 Å². The van der Waals surface area contributed by atoms with Gasteiger partial charge < -0.3 is 10.4 Å². The summed E-state index contributed by atoms with van der Waals surface area (Å²) in [4.78, 5) is 0. The molecular weight excluding hydrogens is 222 g/mol. The number of aliphatic hydroxyl groups is 1. The summed E-state index contributed by atoms with van der Waals surface area (Å²) in [5, 5.41) is 14.3. The highest BCUT2D eigenvalue weighted by atomic mass is 16.3.